The molecule has 25 heavy (non-hydrogen) atoms. The Balaban J connectivity index is 1.38. The lowest BCUT2D eigenvalue weighted by atomic mass is 10.1. The molecule has 0 radical (unpaired) electrons. The fourth-order valence-corrected chi connectivity index (χ4v) is 3.81. The Labute approximate surface area is 148 Å². The van der Waals surface area contributed by atoms with Crippen LogP contribution in [0.2, 0.25) is 0 Å². The summed E-state index contributed by atoms with van der Waals surface area (Å²) in [5.74, 6) is 1.27. The van der Waals surface area contributed by atoms with E-state index in [1.54, 1.807) is 0 Å². The number of hydrogen-bond donors (Lipinski definition) is 0. The van der Waals surface area contributed by atoms with Crippen LogP contribution in [-0.4, -0.2) is 23.4 Å². The van der Waals surface area contributed by atoms with Crippen LogP contribution in [0.15, 0.2) is 65.1 Å². The van der Waals surface area contributed by atoms with Crippen LogP contribution < -0.4 is 0 Å². The van der Waals surface area contributed by atoms with E-state index in [1.165, 1.54) is 0 Å². The zero-order valence-electron chi connectivity index (χ0n) is 14.4. The summed E-state index contributed by atoms with van der Waals surface area (Å²) in [4.78, 5) is 14.8. The van der Waals surface area contributed by atoms with Crippen molar-refractivity contribution >= 4 is 16.9 Å². The van der Waals surface area contributed by atoms with Crippen LogP contribution in [0.3, 0.4) is 0 Å². The van der Waals surface area contributed by atoms with Gasteiger partial charge >= 0.3 is 0 Å². The molecule has 0 bridgehead atoms. The lowest BCUT2D eigenvalue weighted by molar-refractivity contribution is -0.131. The Morgan fingerprint density at radius 1 is 1.08 bits per heavy atom. The zero-order chi connectivity index (χ0) is 17.1. The summed E-state index contributed by atoms with van der Waals surface area (Å²) in [7, 11) is 0. The number of furan rings is 1. The number of fused-ring (bicyclic) bond motifs is 1. The summed E-state index contributed by atoms with van der Waals surface area (Å²) in [6, 6.07) is 20.6. The highest BCUT2D eigenvalue weighted by molar-refractivity contribution is 5.79. The number of carbonyl (C=O) groups excluding carboxylic acids is 1. The molecule has 1 saturated heterocycles. The molecular weight excluding hydrogens is 310 g/mol. The highest BCUT2D eigenvalue weighted by Gasteiger charge is 2.28. The number of benzene rings is 2. The summed E-state index contributed by atoms with van der Waals surface area (Å²) < 4.78 is 5.92. The van der Waals surface area contributed by atoms with Crippen LogP contribution in [0.1, 0.15) is 30.6 Å². The van der Waals surface area contributed by atoms with Crippen molar-refractivity contribution in [3.8, 4) is 0 Å². The molecule has 2 aromatic carbocycles. The fraction of sp³-hybridized carbons (Fsp3) is 0.318. The van der Waals surface area contributed by atoms with Crippen molar-refractivity contribution in [2.45, 2.75) is 38.1 Å². The number of carbonyl (C=O) groups is 1. The van der Waals surface area contributed by atoms with Crippen LogP contribution in [0.4, 0.5) is 0 Å². The van der Waals surface area contributed by atoms with E-state index in [0.29, 0.717) is 12.5 Å². The van der Waals surface area contributed by atoms with Gasteiger partial charge in [-0.2, -0.15) is 0 Å². The molecule has 2 heterocycles. The average molecular weight is 333 g/mol. The minimum atomic E-state index is 0.248. The third kappa shape index (κ3) is 3.60. The first kappa shape index (κ1) is 15.9. The molecule has 0 N–H and O–H groups in total. The van der Waals surface area contributed by atoms with Gasteiger partial charge < -0.3 is 9.32 Å². The number of para-hydroxylation sites is 1. The van der Waals surface area contributed by atoms with Gasteiger partial charge in [0.05, 0.1) is 6.42 Å². The highest BCUT2D eigenvalue weighted by atomic mass is 16.3. The predicted octanol–water partition coefficient (Wildman–Crippen LogP) is 4.60. The number of amides is 1. The molecule has 0 saturated carbocycles. The lowest BCUT2D eigenvalue weighted by Crippen LogP contribution is -2.36. The van der Waals surface area contributed by atoms with Gasteiger partial charge in [0, 0.05) is 24.4 Å². The summed E-state index contributed by atoms with van der Waals surface area (Å²) in [5.41, 5.74) is 2.04. The molecule has 1 aliphatic rings. The molecule has 1 atom stereocenters. The van der Waals surface area contributed by atoms with Gasteiger partial charge in [0.1, 0.15) is 11.3 Å². The molecule has 1 aromatic heterocycles. The molecule has 3 aromatic rings. The SMILES string of the molecule is O=C(Cc1ccccc1)N1CCC[C@H]1CCc1cc2ccccc2o1. The van der Waals surface area contributed by atoms with Crippen molar-refractivity contribution in [3.63, 3.8) is 0 Å². The molecule has 3 nitrogen and oxygen atoms in total. The normalized spacial score (nSPS) is 17.3. The van der Waals surface area contributed by atoms with E-state index >= 15 is 0 Å². The lowest BCUT2D eigenvalue weighted by Gasteiger charge is -2.24. The molecule has 1 aliphatic heterocycles. The van der Waals surface area contributed by atoms with Crippen LogP contribution in [0, 0.1) is 0 Å². The van der Waals surface area contributed by atoms with E-state index in [9.17, 15) is 4.79 Å². The van der Waals surface area contributed by atoms with Crippen molar-refractivity contribution in [3.05, 3.63) is 72.0 Å². The molecule has 0 unspecified atom stereocenters. The number of hydrogen-bond acceptors (Lipinski definition) is 2. The number of nitrogens with zero attached hydrogens (tertiary/aromatic N) is 1. The second-order valence-corrected chi connectivity index (χ2v) is 6.83. The number of likely N-dealkylation sites (tertiary alicyclic amines) is 1. The van der Waals surface area contributed by atoms with E-state index < -0.39 is 0 Å². The summed E-state index contributed by atoms with van der Waals surface area (Å²) in [6.07, 6.45) is 4.56. The second kappa shape index (κ2) is 7.14. The van der Waals surface area contributed by atoms with Crippen LogP contribution in [0.5, 0.6) is 0 Å². The second-order valence-electron chi connectivity index (χ2n) is 6.83. The van der Waals surface area contributed by atoms with Crippen molar-refractivity contribution in [1.82, 2.24) is 4.90 Å². The number of rotatable bonds is 5. The van der Waals surface area contributed by atoms with E-state index in [4.69, 9.17) is 4.42 Å². The van der Waals surface area contributed by atoms with E-state index in [1.807, 2.05) is 48.5 Å². The van der Waals surface area contributed by atoms with E-state index in [2.05, 4.69) is 17.0 Å². The molecule has 1 amide bonds. The molecule has 4 rings (SSSR count). The first-order chi connectivity index (χ1) is 12.3. The Kier molecular flexibility index (Phi) is 4.55. The van der Waals surface area contributed by atoms with Crippen molar-refractivity contribution in [2.75, 3.05) is 6.54 Å². The largest absolute Gasteiger partial charge is 0.461 e. The first-order valence-corrected chi connectivity index (χ1v) is 9.10. The minimum absolute atomic E-state index is 0.248. The standard InChI is InChI=1S/C22H23NO2/c24-22(15-17-7-2-1-3-8-17)23-14-6-10-19(23)12-13-20-16-18-9-4-5-11-21(18)25-20/h1-5,7-9,11,16,19H,6,10,12-15H2/t19-/m0/s1. The maximum absolute atomic E-state index is 12.7. The van der Waals surface area contributed by atoms with Gasteiger partial charge in [0.2, 0.25) is 5.91 Å². The molecule has 0 spiro atoms. The van der Waals surface area contributed by atoms with Gasteiger partial charge in [-0.25, -0.2) is 0 Å². The van der Waals surface area contributed by atoms with Gasteiger partial charge in [-0.1, -0.05) is 48.5 Å². The Hall–Kier alpha value is -2.55. The monoisotopic (exact) mass is 333 g/mol. The van der Waals surface area contributed by atoms with Crippen molar-refractivity contribution < 1.29 is 9.21 Å². The van der Waals surface area contributed by atoms with Crippen LogP contribution in [0.25, 0.3) is 11.0 Å². The maximum Gasteiger partial charge on any atom is 0.227 e. The predicted molar refractivity (Wildman–Crippen MR) is 99.4 cm³/mol. The van der Waals surface area contributed by atoms with Gasteiger partial charge in [0.15, 0.2) is 0 Å². The van der Waals surface area contributed by atoms with E-state index in [0.717, 1.165) is 54.5 Å². The zero-order valence-corrected chi connectivity index (χ0v) is 14.4. The third-order valence-electron chi connectivity index (χ3n) is 5.10. The van der Waals surface area contributed by atoms with E-state index in [-0.39, 0.29) is 5.91 Å². The smallest absolute Gasteiger partial charge is 0.227 e. The van der Waals surface area contributed by atoms with Gasteiger partial charge in [0.25, 0.3) is 0 Å². The van der Waals surface area contributed by atoms with Crippen LogP contribution in [-0.2, 0) is 17.6 Å². The minimum Gasteiger partial charge on any atom is -0.461 e. The third-order valence-corrected chi connectivity index (χ3v) is 5.10. The maximum atomic E-state index is 12.7. The quantitative estimate of drug-likeness (QED) is 0.684. The summed E-state index contributed by atoms with van der Waals surface area (Å²) in [5, 5.41) is 1.15. The van der Waals surface area contributed by atoms with Gasteiger partial charge in [-0.3, -0.25) is 4.79 Å². The Morgan fingerprint density at radius 2 is 1.88 bits per heavy atom. The molecule has 1 fully saturated rings. The number of aryl methyl sites for hydroxylation is 1. The molecular formula is C22H23NO2. The van der Waals surface area contributed by atoms with Crippen molar-refractivity contribution in [2.24, 2.45) is 0 Å². The average Bonchev–Trinajstić information content (AvgIpc) is 3.27. The summed E-state index contributed by atoms with van der Waals surface area (Å²) >= 11 is 0. The molecule has 128 valence electrons. The molecule has 0 aliphatic carbocycles. The van der Waals surface area contributed by atoms with Gasteiger partial charge in [-0.15, -0.1) is 0 Å². The Morgan fingerprint density at radius 3 is 2.72 bits per heavy atom. The van der Waals surface area contributed by atoms with Crippen LogP contribution >= 0.6 is 0 Å². The van der Waals surface area contributed by atoms with Crippen molar-refractivity contribution in [1.29, 1.82) is 0 Å². The molecule has 3 heteroatoms. The topological polar surface area (TPSA) is 33.5 Å². The van der Waals surface area contributed by atoms with Gasteiger partial charge in [-0.05, 0) is 37.0 Å². The first-order valence-electron chi connectivity index (χ1n) is 9.10. The summed E-state index contributed by atoms with van der Waals surface area (Å²) in [6.45, 7) is 0.885. The highest BCUT2D eigenvalue weighted by Crippen LogP contribution is 2.25. The fourth-order valence-electron chi connectivity index (χ4n) is 3.81. The Bertz CT molecular complexity index is 820.